The number of hydrogen-bond acceptors (Lipinski definition) is 5. The van der Waals surface area contributed by atoms with E-state index >= 15 is 0 Å². The van der Waals surface area contributed by atoms with Crippen molar-refractivity contribution in [2.75, 3.05) is 5.32 Å². The quantitative estimate of drug-likeness (QED) is 0.518. The fourth-order valence-corrected chi connectivity index (χ4v) is 2.78. The van der Waals surface area contributed by atoms with Gasteiger partial charge in [0.1, 0.15) is 11.6 Å². The zero-order valence-electron chi connectivity index (χ0n) is 13.0. The number of anilines is 2. The Morgan fingerprint density at radius 1 is 0.960 bits per heavy atom. The van der Waals surface area contributed by atoms with E-state index in [4.69, 9.17) is 0 Å². The lowest BCUT2D eigenvalue weighted by atomic mass is 10.2. The molecule has 122 valence electrons. The summed E-state index contributed by atoms with van der Waals surface area (Å²) >= 11 is 3.43. The molecule has 6 heteroatoms. The molecule has 0 aliphatic carbocycles. The van der Waals surface area contributed by atoms with Crippen molar-refractivity contribution in [3.05, 3.63) is 71.5 Å². The summed E-state index contributed by atoms with van der Waals surface area (Å²) in [5, 5.41) is 13.9. The van der Waals surface area contributed by atoms with Crippen LogP contribution in [0.5, 0.6) is 5.75 Å². The van der Waals surface area contributed by atoms with Crippen molar-refractivity contribution in [3.63, 3.8) is 0 Å². The molecule has 0 unspecified atom stereocenters. The Kier molecular flexibility index (Phi) is 4.03. The zero-order chi connectivity index (χ0) is 17.2. The molecule has 0 spiro atoms. The highest BCUT2D eigenvalue weighted by atomic mass is 79.9. The molecular formula is C19H13BrN4O. The van der Waals surface area contributed by atoms with Gasteiger partial charge in [-0.05, 0) is 42.5 Å². The van der Waals surface area contributed by atoms with Gasteiger partial charge in [0.25, 0.3) is 0 Å². The van der Waals surface area contributed by atoms with Crippen LogP contribution in [0.2, 0.25) is 0 Å². The fourth-order valence-electron chi connectivity index (χ4n) is 2.51. The van der Waals surface area contributed by atoms with E-state index in [0.717, 1.165) is 26.6 Å². The zero-order valence-corrected chi connectivity index (χ0v) is 14.6. The summed E-state index contributed by atoms with van der Waals surface area (Å²) in [5.41, 5.74) is 2.44. The summed E-state index contributed by atoms with van der Waals surface area (Å²) in [6.07, 6.45) is 3.44. The van der Waals surface area contributed by atoms with Gasteiger partial charge in [-0.1, -0.05) is 28.1 Å². The molecule has 0 radical (unpaired) electrons. The molecule has 4 aromatic rings. The number of halogens is 1. The number of fused-ring (bicyclic) bond motifs is 1. The van der Waals surface area contributed by atoms with Crippen LogP contribution in [0.4, 0.5) is 11.5 Å². The molecule has 0 fully saturated rings. The van der Waals surface area contributed by atoms with Gasteiger partial charge in [0, 0.05) is 28.1 Å². The number of benzene rings is 2. The first kappa shape index (κ1) is 15.5. The first-order valence-electron chi connectivity index (χ1n) is 7.63. The number of rotatable bonds is 3. The van der Waals surface area contributed by atoms with E-state index in [9.17, 15) is 5.11 Å². The van der Waals surface area contributed by atoms with E-state index in [0.29, 0.717) is 11.6 Å². The molecule has 5 nitrogen and oxygen atoms in total. The molecule has 0 bridgehead atoms. The van der Waals surface area contributed by atoms with Gasteiger partial charge < -0.3 is 10.4 Å². The summed E-state index contributed by atoms with van der Waals surface area (Å²) in [6, 6.07) is 16.6. The van der Waals surface area contributed by atoms with Crippen LogP contribution in [-0.4, -0.2) is 20.1 Å². The van der Waals surface area contributed by atoms with Crippen molar-refractivity contribution in [2.45, 2.75) is 0 Å². The van der Waals surface area contributed by atoms with Crippen molar-refractivity contribution < 1.29 is 5.11 Å². The average Bonchev–Trinajstić information content (AvgIpc) is 2.63. The van der Waals surface area contributed by atoms with Crippen molar-refractivity contribution in [1.82, 2.24) is 15.0 Å². The van der Waals surface area contributed by atoms with E-state index < -0.39 is 0 Å². The van der Waals surface area contributed by atoms with Crippen molar-refractivity contribution in [2.24, 2.45) is 0 Å². The van der Waals surface area contributed by atoms with Crippen molar-refractivity contribution in [1.29, 1.82) is 0 Å². The highest BCUT2D eigenvalue weighted by Crippen LogP contribution is 2.28. The van der Waals surface area contributed by atoms with Crippen LogP contribution < -0.4 is 5.32 Å². The fraction of sp³-hybridized carbons (Fsp3) is 0. The molecule has 0 atom stereocenters. The normalized spacial score (nSPS) is 10.8. The maximum atomic E-state index is 9.73. The predicted molar refractivity (Wildman–Crippen MR) is 102 cm³/mol. The van der Waals surface area contributed by atoms with Gasteiger partial charge in [-0.15, -0.1) is 0 Å². The second-order valence-electron chi connectivity index (χ2n) is 5.47. The standard InChI is InChI=1S/C19H13BrN4O/c20-13-4-6-14(7-5-13)22-19-16-11-21-9-8-17(16)23-18(24-19)12-2-1-3-15(25)10-12/h1-11,25H,(H,22,23,24). The highest BCUT2D eigenvalue weighted by Gasteiger charge is 2.10. The van der Waals surface area contributed by atoms with Gasteiger partial charge in [0.2, 0.25) is 0 Å². The molecule has 2 N–H and O–H groups in total. The van der Waals surface area contributed by atoms with Crippen molar-refractivity contribution in [3.8, 4) is 17.1 Å². The van der Waals surface area contributed by atoms with Gasteiger partial charge in [0.15, 0.2) is 5.82 Å². The predicted octanol–water partition coefficient (Wildman–Crippen LogP) is 4.90. The number of aromatic nitrogens is 3. The van der Waals surface area contributed by atoms with Crippen LogP contribution in [0, 0.1) is 0 Å². The summed E-state index contributed by atoms with van der Waals surface area (Å²) in [7, 11) is 0. The van der Waals surface area contributed by atoms with E-state index in [1.54, 1.807) is 30.6 Å². The number of phenolic OH excluding ortho intramolecular Hbond substituents is 1. The molecule has 0 amide bonds. The molecule has 0 aliphatic rings. The Morgan fingerprint density at radius 2 is 1.80 bits per heavy atom. The van der Waals surface area contributed by atoms with Gasteiger partial charge in [0.05, 0.1) is 10.9 Å². The Hall–Kier alpha value is -2.99. The number of nitrogens with one attached hydrogen (secondary N) is 1. The lowest BCUT2D eigenvalue weighted by molar-refractivity contribution is 0.475. The van der Waals surface area contributed by atoms with E-state index in [-0.39, 0.29) is 5.75 Å². The number of nitrogens with zero attached hydrogens (tertiary/aromatic N) is 3. The second-order valence-corrected chi connectivity index (χ2v) is 6.39. The minimum Gasteiger partial charge on any atom is -0.508 e. The van der Waals surface area contributed by atoms with Crippen molar-refractivity contribution >= 4 is 38.3 Å². The molecule has 2 aromatic carbocycles. The number of phenols is 1. The van der Waals surface area contributed by atoms with E-state index in [2.05, 4.69) is 36.2 Å². The summed E-state index contributed by atoms with van der Waals surface area (Å²) in [5.74, 6) is 1.38. The SMILES string of the molecule is Oc1cccc(-c2nc(Nc3ccc(Br)cc3)c3cnccc3n2)c1. The maximum absolute atomic E-state index is 9.73. The largest absolute Gasteiger partial charge is 0.508 e. The first-order valence-corrected chi connectivity index (χ1v) is 8.42. The third-order valence-corrected chi connectivity index (χ3v) is 4.24. The first-order chi connectivity index (χ1) is 12.2. The minimum atomic E-state index is 0.179. The molecule has 2 heterocycles. The summed E-state index contributed by atoms with van der Waals surface area (Å²) < 4.78 is 1.01. The number of pyridine rings is 1. The molecule has 25 heavy (non-hydrogen) atoms. The third kappa shape index (κ3) is 3.29. The Balaban J connectivity index is 1.85. The van der Waals surface area contributed by atoms with Crippen LogP contribution >= 0.6 is 15.9 Å². The number of hydrogen-bond donors (Lipinski definition) is 2. The Labute approximate surface area is 152 Å². The van der Waals surface area contributed by atoms with Crippen LogP contribution in [0.1, 0.15) is 0 Å². The number of aromatic hydroxyl groups is 1. The summed E-state index contributed by atoms with van der Waals surface area (Å²) in [4.78, 5) is 13.4. The summed E-state index contributed by atoms with van der Waals surface area (Å²) in [6.45, 7) is 0. The van der Waals surface area contributed by atoms with E-state index in [1.807, 2.05) is 36.4 Å². The maximum Gasteiger partial charge on any atom is 0.162 e. The molecule has 2 aromatic heterocycles. The Bertz CT molecular complexity index is 1050. The lowest BCUT2D eigenvalue weighted by Gasteiger charge is -2.11. The van der Waals surface area contributed by atoms with Gasteiger partial charge in [-0.2, -0.15) is 0 Å². The molecule has 0 saturated carbocycles. The van der Waals surface area contributed by atoms with Crippen LogP contribution in [0.3, 0.4) is 0 Å². The topological polar surface area (TPSA) is 70.9 Å². The van der Waals surface area contributed by atoms with Crippen LogP contribution in [-0.2, 0) is 0 Å². The van der Waals surface area contributed by atoms with E-state index in [1.165, 1.54) is 0 Å². The average molecular weight is 393 g/mol. The third-order valence-electron chi connectivity index (χ3n) is 3.71. The second kappa shape index (κ2) is 6.49. The van der Waals surface area contributed by atoms with Crippen LogP contribution in [0.25, 0.3) is 22.3 Å². The molecule has 0 aliphatic heterocycles. The smallest absolute Gasteiger partial charge is 0.162 e. The van der Waals surface area contributed by atoms with Gasteiger partial charge in [-0.3, -0.25) is 4.98 Å². The monoisotopic (exact) mass is 392 g/mol. The lowest BCUT2D eigenvalue weighted by Crippen LogP contribution is -1.99. The minimum absolute atomic E-state index is 0.179. The van der Waals surface area contributed by atoms with Gasteiger partial charge >= 0.3 is 0 Å². The van der Waals surface area contributed by atoms with Gasteiger partial charge in [-0.25, -0.2) is 9.97 Å². The molecule has 4 rings (SSSR count). The molecule has 0 saturated heterocycles. The molecular weight excluding hydrogens is 380 g/mol. The highest BCUT2D eigenvalue weighted by molar-refractivity contribution is 9.10. The Morgan fingerprint density at radius 3 is 2.60 bits per heavy atom. The van der Waals surface area contributed by atoms with Crippen LogP contribution in [0.15, 0.2) is 71.5 Å².